The molecule has 1 unspecified atom stereocenters. The highest BCUT2D eigenvalue weighted by Crippen LogP contribution is 2.23. The maximum absolute atomic E-state index is 11.6. The summed E-state index contributed by atoms with van der Waals surface area (Å²) in [5, 5.41) is 12.9. The number of nitrogens with one attached hydrogen (secondary N) is 1. The van der Waals surface area contributed by atoms with Crippen molar-refractivity contribution in [3.05, 3.63) is 29.8 Å². The lowest BCUT2D eigenvalue weighted by atomic mass is 9.96. The Hall–Kier alpha value is -1.80. The Kier molecular flexibility index (Phi) is 5.65. The van der Waals surface area contributed by atoms with Crippen molar-refractivity contribution in [3.63, 3.8) is 0 Å². The first-order valence-corrected chi connectivity index (χ1v) is 8.79. The van der Waals surface area contributed by atoms with Crippen molar-refractivity contribution in [2.75, 3.05) is 12.8 Å². The maximum Gasteiger partial charge on any atom is 0.407 e. The lowest BCUT2D eigenvalue weighted by Crippen LogP contribution is -2.41. The predicted molar refractivity (Wildman–Crippen MR) is 85.7 cm³/mol. The van der Waals surface area contributed by atoms with Crippen molar-refractivity contribution >= 4 is 16.2 Å². The molecule has 0 radical (unpaired) electrons. The molecule has 1 aromatic carbocycles. The summed E-state index contributed by atoms with van der Waals surface area (Å²) in [5.41, 5.74) is -1.48. The molecule has 0 fully saturated rings. The number of alkyl carbamates (subject to hydrolysis) is 1. The summed E-state index contributed by atoms with van der Waals surface area (Å²) in [6.45, 7) is 6.69. The minimum Gasteiger partial charge on any atom is -0.444 e. The van der Waals surface area contributed by atoms with E-state index in [4.69, 9.17) is 8.92 Å². The predicted octanol–water partition coefficient (Wildman–Crippen LogP) is 1.76. The maximum atomic E-state index is 11.6. The molecule has 0 bridgehead atoms. The van der Waals surface area contributed by atoms with E-state index in [-0.39, 0.29) is 12.3 Å². The van der Waals surface area contributed by atoms with Gasteiger partial charge in [-0.05, 0) is 45.4 Å². The zero-order valence-corrected chi connectivity index (χ0v) is 14.7. The highest BCUT2D eigenvalue weighted by molar-refractivity contribution is 7.86. The van der Waals surface area contributed by atoms with Crippen LogP contribution in [0.5, 0.6) is 5.75 Å². The van der Waals surface area contributed by atoms with E-state index in [1.54, 1.807) is 20.8 Å². The van der Waals surface area contributed by atoms with Gasteiger partial charge in [-0.25, -0.2) is 4.79 Å². The summed E-state index contributed by atoms with van der Waals surface area (Å²) in [5.74, 6) is 0.146. The Morgan fingerprint density at radius 1 is 1.17 bits per heavy atom. The van der Waals surface area contributed by atoms with E-state index in [0.29, 0.717) is 5.56 Å². The number of hydrogen-bond acceptors (Lipinski definition) is 6. The van der Waals surface area contributed by atoms with Crippen molar-refractivity contribution < 1.29 is 27.2 Å². The van der Waals surface area contributed by atoms with Crippen LogP contribution in [-0.4, -0.2) is 38.0 Å². The first kappa shape index (κ1) is 19.2. The van der Waals surface area contributed by atoms with Gasteiger partial charge in [-0.15, -0.1) is 0 Å². The molecule has 2 N–H and O–H groups in total. The van der Waals surface area contributed by atoms with Crippen LogP contribution in [0.2, 0.25) is 0 Å². The van der Waals surface area contributed by atoms with Gasteiger partial charge in [0.05, 0.1) is 12.8 Å². The summed E-state index contributed by atoms with van der Waals surface area (Å²) in [6, 6.07) is 5.91. The molecular formula is C15H23NO6S. The second kappa shape index (κ2) is 6.76. The standard InChI is InChI=1S/C15H23NO6S/c1-14(2,3)21-13(17)16-10-15(4,18)11-6-8-12(9-7-11)22-23(5,19)20/h6-9,18H,10H2,1-5H3,(H,16,17). The second-order valence-corrected chi connectivity index (χ2v) is 8.02. The first-order chi connectivity index (χ1) is 10.3. The molecule has 1 aromatic rings. The lowest BCUT2D eigenvalue weighted by molar-refractivity contribution is 0.0316. The van der Waals surface area contributed by atoms with Crippen LogP contribution in [0.4, 0.5) is 4.79 Å². The third-order valence-corrected chi connectivity index (χ3v) is 3.19. The van der Waals surface area contributed by atoms with Crippen LogP contribution >= 0.6 is 0 Å². The molecule has 0 aromatic heterocycles. The Morgan fingerprint density at radius 3 is 2.13 bits per heavy atom. The Bertz CT molecular complexity index is 644. The van der Waals surface area contributed by atoms with Gasteiger partial charge in [0.25, 0.3) is 0 Å². The molecular weight excluding hydrogens is 322 g/mol. The minimum atomic E-state index is -3.60. The molecule has 0 saturated heterocycles. The Morgan fingerprint density at radius 2 is 1.70 bits per heavy atom. The van der Waals surface area contributed by atoms with Crippen LogP contribution in [0.3, 0.4) is 0 Å². The first-order valence-electron chi connectivity index (χ1n) is 6.98. The molecule has 8 heteroatoms. The quantitative estimate of drug-likeness (QED) is 0.789. The van der Waals surface area contributed by atoms with Crippen LogP contribution in [-0.2, 0) is 20.5 Å². The van der Waals surface area contributed by atoms with Gasteiger partial charge < -0.3 is 19.3 Å². The van der Waals surface area contributed by atoms with Crippen LogP contribution in [0.1, 0.15) is 33.3 Å². The van der Waals surface area contributed by atoms with Gasteiger partial charge in [-0.3, -0.25) is 0 Å². The molecule has 130 valence electrons. The average Bonchev–Trinajstić information content (AvgIpc) is 2.33. The van der Waals surface area contributed by atoms with Crippen LogP contribution in [0.25, 0.3) is 0 Å². The third kappa shape index (κ3) is 7.34. The lowest BCUT2D eigenvalue weighted by Gasteiger charge is -2.26. The number of rotatable bonds is 5. The molecule has 1 amide bonds. The fraction of sp³-hybridized carbons (Fsp3) is 0.533. The smallest absolute Gasteiger partial charge is 0.407 e. The van der Waals surface area contributed by atoms with Crippen LogP contribution in [0.15, 0.2) is 24.3 Å². The van der Waals surface area contributed by atoms with E-state index in [9.17, 15) is 18.3 Å². The van der Waals surface area contributed by atoms with Crippen molar-refractivity contribution in [2.45, 2.75) is 38.9 Å². The molecule has 23 heavy (non-hydrogen) atoms. The highest BCUT2D eigenvalue weighted by Gasteiger charge is 2.25. The average molecular weight is 345 g/mol. The number of hydrogen-bond donors (Lipinski definition) is 2. The van der Waals surface area contributed by atoms with Gasteiger partial charge in [0.1, 0.15) is 17.0 Å². The van der Waals surface area contributed by atoms with Crippen molar-refractivity contribution in [3.8, 4) is 5.75 Å². The number of carbonyl (C=O) groups is 1. The summed E-state index contributed by atoms with van der Waals surface area (Å²) in [4.78, 5) is 11.6. The van der Waals surface area contributed by atoms with Gasteiger partial charge in [-0.2, -0.15) is 8.42 Å². The highest BCUT2D eigenvalue weighted by atomic mass is 32.2. The van der Waals surface area contributed by atoms with Crippen LogP contribution < -0.4 is 9.50 Å². The Balaban J connectivity index is 2.71. The number of aliphatic hydroxyl groups is 1. The van der Waals surface area contributed by atoms with E-state index < -0.39 is 27.4 Å². The zero-order valence-electron chi connectivity index (χ0n) is 13.9. The second-order valence-electron chi connectivity index (χ2n) is 6.44. The number of carbonyl (C=O) groups excluding carboxylic acids is 1. The number of ether oxygens (including phenoxy) is 1. The molecule has 0 aliphatic heterocycles. The van der Waals surface area contributed by atoms with Gasteiger partial charge in [-0.1, -0.05) is 12.1 Å². The zero-order chi connectivity index (χ0) is 17.9. The summed E-state index contributed by atoms with van der Waals surface area (Å²) in [7, 11) is -3.60. The third-order valence-electron chi connectivity index (χ3n) is 2.70. The monoisotopic (exact) mass is 345 g/mol. The molecule has 1 atom stereocenters. The summed E-state index contributed by atoms with van der Waals surface area (Å²) >= 11 is 0. The summed E-state index contributed by atoms with van der Waals surface area (Å²) < 4.78 is 31.9. The van der Waals surface area contributed by atoms with E-state index >= 15 is 0 Å². The van der Waals surface area contributed by atoms with E-state index in [2.05, 4.69) is 5.32 Å². The normalized spacial score (nSPS) is 14.7. The minimum absolute atomic E-state index is 0.0613. The van der Waals surface area contributed by atoms with E-state index in [0.717, 1.165) is 6.26 Å². The van der Waals surface area contributed by atoms with Crippen molar-refractivity contribution in [2.24, 2.45) is 0 Å². The number of benzene rings is 1. The molecule has 0 saturated carbocycles. The van der Waals surface area contributed by atoms with Gasteiger partial charge >= 0.3 is 16.2 Å². The molecule has 7 nitrogen and oxygen atoms in total. The van der Waals surface area contributed by atoms with Gasteiger partial charge in [0.15, 0.2) is 0 Å². The molecule has 0 aliphatic rings. The van der Waals surface area contributed by atoms with E-state index in [1.807, 2.05) is 0 Å². The van der Waals surface area contributed by atoms with Crippen LogP contribution in [0, 0.1) is 0 Å². The molecule has 0 spiro atoms. The topological polar surface area (TPSA) is 102 Å². The fourth-order valence-electron chi connectivity index (χ4n) is 1.70. The molecule has 1 rings (SSSR count). The largest absolute Gasteiger partial charge is 0.444 e. The van der Waals surface area contributed by atoms with Crippen molar-refractivity contribution in [1.82, 2.24) is 5.32 Å². The van der Waals surface area contributed by atoms with E-state index in [1.165, 1.54) is 31.2 Å². The molecule has 0 heterocycles. The van der Waals surface area contributed by atoms with Crippen molar-refractivity contribution in [1.29, 1.82) is 0 Å². The Labute approximate surface area is 136 Å². The summed E-state index contributed by atoms with van der Waals surface area (Å²) in [6.07, 6.45) is 0.316. The molecule has 0 aliphatic carbocycles. The van der Waals surface area contributed by atoms with Gasteiger partial charge in [0.2, 0.25) is 0 Å². The fourth-order valence-corrected chi connectivity index (χ4v) is 2.17. The SMILES string of the molecule is CC(C)(C)OC(=O)NCC(C)(O)c1ccc(OS(C)(=O)=O)cc1. The number of amides is 1. The van der Waals surface area contributed by atoms with Gasteiger partial charge in [0, 0.05) is 0 Å².